The molecule has 2 nitrogen and oxygen atoms in total. The van der Waals surface area contributed by atoms with E-state index in [2.05, 4.69) is 119 Å². The van der Waals surface area contributed by atoms with E-state index in [1.54, 1.807) is 0 Å². The number of fused-ring (bicyclic) bond motifs is 11. The number of hydrogen-bond donors (Lipinski definition) is 1. The molecular formula is C42H26N2. The summed E-state index contributed by atoms with van der Waals surface area (Å²) >= 11 is 0. The van der Waals surface area contributed by atoms with Crippen LogP contribution in [-0.2, 0) is 0 Å². The highest BCUT2D eigenvalue weighted by molar-refractivity contribution is 6.25. The van der Waals surface area contributed by atoms with Crippen molar-refractivity contribution in [2.45, 2.75) is 0 Å². The summed E-state index contributed by atoms with van der Waals surface area (Å²) in [5.74, 6) is 0. The molecule has 8 aromatic carbocycles. The maximum absolute atomic E-state index is 8.84. The van der Waals surface area contributed by atoms with Gasteiger partial charge in [-0.25, -0.2) is 0 Å². The minimum Gasteiger partial charge on any atom is -0.354 e. The fourth-order valence-electron chi connectivity index (χ4n) is 7.35. The van der Waals surface area contributed by atoms with E-state index in [4.69, 9.17) is 2.74 Å². The first-order chi connectivity index (χ1) is 22.7. The molecule has 2 heteroatoms. The number of nitrogens with zero attached hydrogens (tertiary/aromatic N) is 1. The molecule has 2 aromatic heterocycles. The summed E-state index contributed by atoms with van der Waals surface area (Å²) in [6, 6.07) is 49.7. The number of benzene rings is 8. The summed E-state index contributed by atoms with van der Waals surface area (Å²) in [5.41, 5.74) is 7.79. The Morgan fingerprint density at radius 3 is 2.09 bits per heavy atom. The highest BCUT2D eigenvalue weighted by Crippen LogP contribution is 2.41. The molecule has 44 heavy (non-hydrogen) atoms. The average Bonchev–Trinajstić information content (AvgIpc) is 3.64. The van der Waals surface area contributed by atoms with Gasteiger partial charge in [0.2, 0.25) is 0 Å². The summed E-state index contributed by atoms with van der Waals surface area (Å²) in [6.45, 7) is 0. The molecule has 0 aliphatic heterocycles. The van der Waals surface area contributed by atoms with Crippen LogP contribution in [0.4, 0.5) is 0 Å². The summed E-state index contributed by atoms with van der Waals surface area (Å²) in [5, 5.41) is 11.0. The Hall–Kier alpha value is -5.86. The Balaban J connectivity index is 1.31. The van der Waals surface area contributed by atoms with Gasteiger partial charge in [0.15, 0.2) is 0 Å². The van der Waals surface area contributed by atoms with E-state index in [1.807, 2.05) is 30.3 Å². The van der Waals surface area contributed by atoms with Crippen LogP contribution in [0.25, 0.3) is 92.7 Å². The summed E-state index contributed by atoms with van der Waals surface area (Å²) < 4.78 is 19.9. The Bertz CT molecular complexity index is 2890. The Labute approximate surface area is 256 Å². The van der Waals surface area contributed by atoms with E-state index >= 15 is 0 Å². The standard InChI is InChI=1S/C42H26N2/c1-3-14-31-26(9-1)19-20-28-11-8-17-33(41(28)31)29-12-7-13-30(23-29)44-39-22-21-27-10-2-4-15-32(27)42(39)36-24-35-34-16-5-6-18-37(34)43-38(35)25-40(36)44/h1-25,43H/i19D,20D. The van der Waals surface area contributed by atoms with E-state index in [0.717, 1.165) is 54.9 Å². The zero-order chi connectivity index (χ0) is 30.5. The maximum atomic E-state index is 8.84. The third-order valence-electron chi connectivity index (χ3n) is 9.29. The van der Waals surface area contributed by atoms with Crippen LogP contribution in [0, 0.1) is 0 Å². The fraction of sp³-hybridized carbons (Fsp3) is 0. The van der Waals surface area contributed by atoms with Gasteiger partial charge in [0, 0.05) is 38.3 Å². The molecule has 0 saturated carbocycles. The van der Waals surface area contributed by atoms with Gasteiger partial charge < -0.3 is 9.55 Å². The van der Waals surface area contributed by atoms with Crippen molar-refractivity contribution in [2.75, 3.05) is 0 Å². The Morgan fingerprint density at radius 1 is 0.455 bits per heavy atom. The zero-order valence-electron chi connectivity index (χ0n) is 25.7. The van der Waals surface area contributed by atoms with E-state index in [0.29, 0.717) is 0 Å². The summed E-state index contributed by atoms with van der Waals surface area (Å²) in [7, 11) is 0. The smallest absolute Gasteiger partial charge is 0.0629 e. The number of hydrogen-bond acceptors (Lipinski definition) is 0. The minimum atomic E-state index is 0.267. The van der Waals surface area contributed by atoms with Crippen molar-refractivity contribution >= 4 is 75.9 Å². The van der Waals surface area contributed by atoms with Gasteiger partial charge in [-0.2, -0.15) is 0 Å². The average molecular weight is 561 g/mol. The molecule has 0 aliphatic rings. The largest absolute Gasteiger partial charge is 0.354 e. The van der Waals surface area contributed by atoms with Gasteiger partial charge in [-0.3, -0.25) is 0 Å². The number of para-hydroxylation sites is 1. The molecule has 10 aromatic rings. The minimum absolute atomic E-state index is 0.267. The molecular weight excluding hydrogens is 532 g/mol. The lowest BCUT2D eigenvalue weighted by molar-refractivity contribution is 1.18. The second-order valence-electron chi connectivity index (χ2n) is 11.7. The first-order valence-electron chi connectivity index (χ1n) is 16.0. The number of aromatic amines is 1. The monoisotopic (exact) mass is 560 g/mol. The lowest BCUT2D eigenvalue weighted by Crippen LogP contribution is -1.95. The van der Waals surface area contributed by atoms with Crippen LogP contribution >= 0.6 is 0 Å². The second kappa shape index (κ2) is 8.82. The van der Waals surface area contributed by atoms with Crippen LogP contribution < -0.4 is 0 Å². The van der Waals surface area contributed by atoms with Crippen LogP contribution in [0.1, 0.15) is 2.74 Å². The van der Waals surface area contributed by atoms with Crippen LogP contribution in [0.15, 0.2) is 152 Å². The predicted octanol–water partition coefficient (Wildman–Crippen LogP) is 11.5. The molecule has 0 bridgehead atoms. The van der Waals surface area contributed by atoms with Crippen molar-refractivity contribution in [1.82, 2.24) is 9.55 Å². The van der Waals surface area contributed by atoms with Crippen LogP contribution in [0.5, 0.6) is 0 Å². The van der Waals surface area contributed by atoms with Gasteiger partial charge in [-0.1, -0.05) is 115 Å². The number of nitrogens with one attached hydrogen (secondary N) is 1. The van der Waals surface area contributed by atoms with Gasteiger partial charge in [0.25, 0.3) is 0 Å². The molecule has 0 fully saturated rings. The molecule has 1 N–H and O–H groups in total. The number of H-pyrrole nitrogens is 1. The van der Waals surface area contributed by atoms with Crippen molar-refractivity contribution in [1.29, 1.82) is 0 Å². The molecule has 10 rings (SSSR count). The van der Waals surface area contributed by atoms with Gasteiger partial charge in [0.05, 0.1) is 13.8 Å². The van der Waals surface area contributed by atoms with Crippen LogP contribution in [0.2, 0.25) is 0 Å². The van der Waals surface area contributed by atoms with Crippen molar-refractivity contribution in [3.63, 3.8) is 0 Å². The Kier molecular flexibility index (Phi) is 4.37. The van der Waals surface area contributed by atoms with E-state index in [9.17, 15) is 0 Å². The van der Waals surface area contributed by atoms with Gasteiger partial charge in [-0.05, 0) is 79.8 Å². The predicted molar refractivity (Wildman–Crippen MR) is 188 cm³/mol. The van der Waals surface area contributed by atoms with Crippen molar-refractivity contribution in [3.05, 3.63) is 152 Å². The number of aromatic nitrogens is 2. The molecule has 0 amide bonds. The van der Waals surface area contributed by atoms with Gasteiger partial charge in [0.1, 0.15) is 0 Å². The van der Waals surface area contributed by atoms with Crippen molar-refractivity contribution in [2.24, 2.45) is 0 Å². The quantitative estimate of drug-likeness (QED) is 0.203. The molecule has 0 radical (unpaired) electrons. The zero-order valence-corrected chi connectivity index (χ0v) is 23.7. The lowest BCUT2D eigenvalue weighted by atomic mass is 9.93. The maximum Gasteiger partial charge on any atom is 0.0629 e. The summed E-state index contributed by atoms with van der Waals surface area (Å²) in [4.78, 5) is 3.67. The molecule has 2 heterocycles. The number of rotatable bonds is 2. The normalized spacial score (nSPS) is 12.7. The second-order valence-corrected chi connectivity index (χ2v) is 11.7. The first-order valence-corrected chi connectivity index (χ1v) is 15.0. The molecule has 0 unspecified atom stereocenters. The molecule has 204 valence electrons. The molecule has 0 atom stereocenters. The van der Waals surface area contributed by atoms with Crippen LogP contribution in [0.3, 0.4) is 0 Å². The van der Waals surface area contributed by atoms with Crippen molar-refractivity contribution < 1.29 is 2.74 Å². The van der Waals surface area contributed by atoms with Gasteiger partial charge >= 0.3 is 0 Å². The summed E-state index contributed by atoms with van der Waals surface area (Å²) in [6.07, 6.45) is 0. The SMILES string of the molecule is [2H]c1c([2H])c2cccc(-c3cccc(-n4c5cc6[nH]c7ccccc7c6cc5c5c6ccccc6ccc54)c3)c2c2ccccc12. The highest BCUT2D eigenvalue weighted by Gasteiger charge is 2.18. The third kappa shape index (κ3) is 3.25. The third-order valence-corrected chi connectivity index (χ3v) is 9.29. The first kappa shape index (κ1) is 21.8. The van der Waals surface area contributed by atoms with E-state index < -0.39 is 0 Å². The molecule has 0 aliphatic carbocycles. The Morgan fingerprint density at radius 2 is 1.18 bits per heavy atom. The lowest BCUT2D eigenvalue weighted by Gasteiger charge is -2.13. The molecule has 0 saturated heterocycles. The topological polar surface area (TPSA) is 20.7 Å². The van der Waals surface area contributed by atoms with Crippen molar-refractivity contribution in [3.8, 4) is 16.8 Å². The highest BCUT2D eigenvalue weighted by atomic mass is 15.0. The van der Waals surface area contributed by atoms with Crippen LogP contribution in [-0.4, -0.2) is 9.55 Å². The molecule has 0 spiro atoms. The fourth-order valence-corrected chi connectivity index (χ4v) is 7.35. The van der Waals surface area contributed by atoms with E-state index in [1.165, 1.54) is 37.8 Å². The van der Waals surface area contributed by atoms with Gasteiger partial charge in [-0.15, -0.1) is 0 Å². The van der Waals surface area contributed by atoms with E-state index in [-0.39, 0.29) is 12.1 Å².